The number of amides is 1. The largest absolute Gasteiger partial charge is 0.335 e. The van der Waals surface area contributed by atoms with Gasteiger partial charge >= 0.3 is 0 Å². The predicted molar refractivity (Wildman–Crippen MR) is 75.2 cm³/mol. The van der Waals surface area contributed by atoms with Gasteiger partial charge in [0.25, 0.3) is 0 Å². The number of hydrogen-bond donors (Lipinski definition) is 0. The highest BCUT2D eigenvalue weighted by Gasteiger charge is 2.16. The van der Waals surface area contributed by atoms with E-state index >= 15 is 0 Å². The molecule has 0 N–H and O–H groups in total. The van der Waals surface area contributed by atoms with Crippen molar-refractivity contribution >= 4 is 17.7 Å². The summed E-state index contributed by atoms with van der Waals surface area (Å²) < 4.78 is 0. The maximum Gasteiger partial charge on any atom is 0.233 e. The molecule has 0 fully saturated rings. The van der Waals surface area contributed by atoms with Crippen molar-refractivity contribution in [1.29, 1.82) is 5.26 Å². The summed E-state index contributed by atoms with van der Waals surface area (Å²) in [5.41, 5.74) is 1.70. The van der Waals surface area contributed by atoms with E-state index in [2.05, 4.69) is 6.07 Å². The topological polar surface area (TPSA) is 44.1 Å². The molecule has 0 aliphatic carbocycles. The van der Waals surface area contributed by atoms with Crippen LogP contribution in [0, 0.1) is 11.3 Å². The number of benzene rings is 1. The molecule has 0 bridgehead atoms. The Balaban J connectivity index is 2.77. The maximum absolute atomic E-state index is 12.0. The first-order valence-electron chi connectivity index (χ1n) is 5.86. The van der Waals surface area contributed by atoms with Crippen LogP contribution in [0.4, 0.5) is 0 Å². The van der Waals surface area contributed by atoms with E-state index in [4.69, 9.17) is 5.26 Å². The van der Waals surface area contributed by atoms with Crippen LogP contribution < -0.4 is 0 Å². The second kappa shape index (κ2) is 7.07. The summed E-state index contributed by atoms with van der Waals surface area (Å²) in [6, 6.07) is 9.65. The van der Waals surface area contributed by atoms with Crippen molar-refractivity contribution in [2.45, 2.75) is 26.4 Å². The van der Waals surface area contributed by atoms with Crippen LogP contribution in [0.15, 0.2) is 24.3 Å². The minimum absolute atomic E-state index is 0.154. The molecule has 4 heteroatoms. The first-order valence-corrected chi connectivity index (χ1v) is 7.25. The van der Waals surface area contributed by atoms with E-state index < -0.39 is 0 Å². The van der Waals surface area contributed by atoms with Crippen LogP contribution in [0.25, 0.3) is 0 Å². The average Bonchev–Trinajstić information content (AvgIpc) is 2.36. The molecule has 0 spiro atoms. The van der Waals surface area contributed by atoms with Gasteiger partial charge in [0.2, 0.25) is 5.91 Å². The molecule has 0 aliphatic rings. The second-order valence-electron chi connectivity index (χ2n) is 4.36. The Kier molecular flexibility index (Phi) is 5.73. The summed E-state index contributed by atoms with van der Waals surface area (Å²) in [6.07, 6.45) is 1.93. The first-order chi connectivity index (χ1) is 8.58. The molecule has 96 valence electrons. The molecule has 0 aromatic heterocycles. The van der Waals surface area contributed by atoms with Gasteiger partial charge in [0, 0.05) is 12.6 Å². The van der Waals surface area contributed by atoms with Gasteiger partial charge in [0.15, 0.2) is 0 Å². The van der Waals surface area contributed by atoms with E-state index in [1.165, 1.54) is 11.8 Å². The number of carbonyl (C=O) groups excluding carboxylic acids is 1. The SMILES string of the molecule is CSCC(=O)N(Cc1ccc(C#N)cc1)C(C)C. The lowest BCUT2D eigenvalue weighted by atomic mass is 10.1. The van der Waals surface area contributed by atoms with E-state index in [0.717, 1.165) is 5.56 Å². The van der Waals surface area contributed by atoms with Crippen LogP contribution in [0.5, 0.6) is 0 Å². The summed E-state index contributed by atoms with van der Waals surface area (Å²) in [7, 11) is 0. The smallest absolute Gasteiger partial charge is 0.233 e. The van der Waals surface area contributed by atoms with Gasteiger partial charge < -0.3 is 4.90 Å². The highest BCUT2D eigenvalue weighted by atomic mass is 32.2. The highest BCUT2D eigenvalue weighted by Crippen LogP contribution is 2.11. The minimum atomic E-state index is 0.154. The quantitative estimate of drug-likeness (QED) is 0.819. The van der Waals surface area contributed by atoms with Crippen molar-refractivity contribution in [2.24, 2.45) is 0 Å². The van der Waals surface area contributed by atoms with Gasteiger partial charge in [0.05, 0.1) is 17.4 Å². The Labute approximate surface area is 113 Å². The van der Waals surface area contributed by atoms with Gasteiger partial charge in [-0.05, 0) is 37.8 Å². The molecule has 18 heavy (non-hydrogen) atoms. The Morgan fingerprint density at radius 3 is 2.44 bits per heavy atom. The molecule has 0 radical (unpaired) electrons. The van der Waals surface area contributed by atoms with Crippen LogP contribution in [-0.4, -0.2) is 28.9 Å². The van der Waals surface area contributed by atoms with Crippen molar-refractivity contribution in [3.63, 3.8) is 0 Å². The van der Waals surface area contributed by atoms with E-state index in [1.807, 2.05) is 37.1 Å². The zero-order chi connectivity index (χ0) is 13.5. The van der Waals surface area contributed by atoms with Crippen molar-refractivity contribution in [3.8, 4) is 6.07 Å². The number of nitriles is 1. The van der Waals surface area contributed by atoms with E-state index in [1.54, 1.807) is 12.1 Å². The zero-order valence-electron chi connectivity index (χ0n) is 11.0. The lowest BCUT2D eigenvalue weighted by molar-refractivity contribution is -0.130. The van der Waals surface area contributed by atoms with Gasteiger partial charge in [0.1, 0.15) is 0 Å². The molecule has 3 nitrogen and oxygen atoms in total. The molecule has 0 aliphatic heterocycles. The summed E-state index contributed by atoms with van der Waals surface area (Å²) in [4.78, 5) is 13.8. The summed E-state index contributed by atoms with van der Waals surface area (Å²) in [5, 5.41) is 8.74. The molecular formula is C14H18N2OS. The monoisotopic (exact) mass is 262 g/mol. The van der Waals surface area contributed by atoms with Crippen LogP contribution >= 0.6 is 11.8 Å². The van der Waals surface area contributed by atoms with E-state index in [0.29, 0.717) is 17.9 Å². The number of thioether (sulfide) groups is 1. The van der Waals surface area contributed by atoms with Gasteiger partial charge in [-0.2, -0.15) is 17.0 Å². The van der Waals surface area contributed by atoms with Crippen LogP contribution in [0.1, 0.15) is 25.0 Å². The molecule has 0 saturated carbocycles. The summed E-state index contributed by atoms with van der Waals surface area (Å²) >= 11 is 1.54. The fraction of sp³-hybridized carbons (Fsp3) is 0.429. The van der Waals surface area contributed by atoms with Crippen molar-refractivity contribution < 1.29 is 4.79 Å². The third-order valence-corrected chi connectivity index (χ3v) is 3.18. The van der Waals surface area contributed by atoms with Crippen LogP contribution in [-0.2, 0) is 11.3 Å². The molecule has 1 rings (SSSR count). The van der Waals surface area contributed by atoms with Crippen LogP contribution in [0.3, 0.4) is 0 Å². The van der Waals surface area contributed by atoms with Crippen LogP contribution in [0.2, 0.25) is 0 Å². The van der Waals surface area contributed by atoms with Crippen molar-refractivity contribution in [2.75, 3.05) is 12.0 Å². The third kappa shape index (κ3) is 4.08. The Hall–Kier alpha value is -1.47. The maximum atomic E-state index is 12.0. The minimum Gasteiger partial charge on any atom is -0.335 e. The zero-order valence-corrected chi connectivity index (χ0v) is 11.8. The Bertz CT molecular complexity index is 434. The molecular weight excluding hydrogens is 244 g/mol. The third-order valence-electron chi connectivity index (χ3n) is 2.65. The van der Waals surface area contributed by atoms with Gasteiger partial charge in [-0.1, -0.05) is 12.1 Å². The fourth-order valence-electron chi connectivity index (χ4n) is 1.65. The average molecular weight is 262 g/mol. The van der Waals surface area contributed by atoms with Gasteiger partial charge in [-0.3, -0.25) is 4.79 Å². The predicted octanol–water partition coefficient (Wildman–Crippen LogP) is 2.66. The Morgan fingerprint density at radius 2 is 2.00 bits per heavy atom. The lowest BCUT2D eigenvalue weighted by Crippen LogP contribution is -2.37. The number of rotatable bonds is 5. The first kappa shape index (κ1) is 14.6. The van der Waals surface area contributed by atoms with E-state index in [9.17, 15) is 4.79 Å². The molecule has 1 aromatic carbocycles. The normalized spacial score (nSPS) is 10.2. The second-order valence-corrected chi connectivity index (χ2v) is 5.22. The molecule has 1 aromatic rings. The molecule has 0 heterocycles. The highest BCUT2D eigenvalue weighted by molar-refractivity contribution is 7.99. The lowest BCUT2D eigenvalue weighted by Gasteiger charge is -2.26. The van der Waals surface area contributed by atoms with Gasteiger partial charge in [-0.25, -0.2) is 0 Å². The summed E-state index contributed by atoms with van der Waals surface area (Å²) in [5.74, 6) is 0.663. The van der Waals surface area contributed by atoms with Crippen molar-refractivity contribution in [1.82, 2.24) is 4.90 Å². The molecule has 0 saturated heterocycles. The Morgan fingerprint density at radius 1 is 1.39 bits per heavy atom. The molecule has 1 amide bonds. The fourth-order valence-corrected chi connectivity index (χ4v) is 2.06. The standard InChI is InChI=1S/C14H18N2OS/c1-11(2)16(14(17)10-18-3)9-13-6-4-12(8-15)5-7-13/h4-7,11H,9-10H2,1-3H3. The summed E-state index contributed by atoms with van der Waals surface area (Å²) in [6.45, 7) is 4.63. The molecule has 0 unspecified atom stereocenters. The van der Waals surface area contributed by atoms with Gasteiger partial charge in [-0.15, -0.1) is 0 Å². The number of nitrogens with zero attached hydrogens (tertiary/aromatic N) is 2. The number of carbonyl (C=O) groups is 1. The molecule has 0 atom stereocenters. The number of hydrogen-bond acceptors (Lipinski definition) is 3. The van der Waals surface area contributed by atoms with Crippen molar-refractivity contribution in [3.05, 3.63) is 35.4 Å². The van der Waals surface area contributed by atoms with E-state index in [-0.39, 0.29) is 11.9 Å².